The van der Waals surface area contributed by atoms with E-state index in [4.69, 9.17) is 4.98 Å². The highest BCUT2D eigenvalue weighted by Crippen LogP contribution is 2.26. The van der Waals surface area contributed by atoms with E-state index in [1.54, 1.807) is 4.90 Å². The second-order valence-electron chi connectivity index (χ2n) is 6.29. The van der Waals surface area contributed by atoms with Gasteiger partial charge in [0.15, 0.2) is 5.65 Å². The normalized spacial score (nSPS) is 17.2. The summed E-state index contributed by atoms with van der Waals surface area (Å²) < 4.78 is 0. The van der Waals surface area contributed by atoms with E-state index in [0.29, 0.717) is 0 Å². The lowest BCUT2D eigenvalue weighted by atomic mass is 10.1. The summed E-state index contributed by atoms with van der Waals surface area (Å²) in [4.78, 5) is 25.2. The van der Waals surface area contributed by atoms with Gasteiger partial charge in [0.05, 0.1) is 5.92 Å². The Labute approximate surface area is 143 Å². The van der Waals surface area contributed by atoms with E-state index in [2.05, 4.69) is 28.9 Å². The molecular formula is C17H23ClN4O. The molecule has 1 amide bonds. The first kappa shape index (κ1) is 17.5. The molecule has 0 bridgehead atoms. The second kappa shape index (κ2) is 6.71. The third-order valence-corrected chi connectivity index (χ3v) is 4.30. The van der Waals surface area contributed by atoms with Crippen LogP contribution in [-0.4, -0.2) is 48.0 Å². The highest BCUT2D eigenvalue weighted by Gasteiger charge is 2.30. The van der Waals surface area contributed by atoms with Crippen LogP contribution in [0.2, 0.25) is 0 Å². The van der Waals surface area contributed by atoms with Crippen LogP contribution in [0.15, 0.2) is 18.2 Å². The van der Waals surface area contributed by atoms with Crippen molar-refractivity contribution in [3.63, 3.8) is 0 Å². The molecule has 2 aromatic rings. The third kappa shape index (κ3) is 3.39. The number of fused-ring (bicyclic) bond motifs is 1. The summed E-state index contributed by atoms with van der Waals surface area (Å²) in [6, 6.07) is 6.20. The number of carbonyl (C=O) groups is 1. The summed E-state index contributed by atoms with van der Waals surface area (Å²) in [6.45, 7) is 5.68. The van der Waals surface area contributed by atoms with Crippen molar-refractivity contribution in [1.29, 1.82) is 0 Å². The van der Waals surface area contributed by atoms with Crippen LogP contribution >= 0.6 is 12.4 Å². The fraction of sp³-hybridized carbons (Fsp3) is 0.471. The van der Waals surface area contributed by atoms with Gasteiger partial charge in [-0.3, -0.25) is 4.79 Å². The van der Waals surface area contributed by atoms with E-state index in [-0.39, 0.29) is 24.2 Å². The van der Waals surface area contributed by atoms with Crippen molar-refractivity contribution in [3.05, 3.63) is 29.5 Å². The number of nitrogens with zero attached hydrogens (tertiary/aromatic N) is 4. The lowest BCUT2D eigenvalue weighted by molar-refractivity contribution is -0.132. The molecule has 3 rings (SSSR count). The number of carbonyl (C=O) groups excluding carboxylic acids is 1. The van der Waals surface area contributed by atoms with E-state index in [1.807, 2.05) is 27.1 Å². The Morgan fingerprint density at radius 1 is 1.26 bits per heavy atom. The molecule has 0 aromatic carbocycles. The number of rotatable bonds is 2. The second-order valence-corrected chi connectivity index (χ2v) is 6.29. The summed E-state index contributed by atoms with van der Waals surface area (Å²) in [7, 11) is 3.63. The van der Waals surface area contributed by atoms with Crippen LogP contribution in [0.3, 0.4) is 0 Å². The molecule has 2 aromatic heterocycles. The van der Waals surface area contributed by atoms with Crippen LogP contribution in [0.4, 0.5) is 5.82 Å². The van der Waals surface area contributed by atoms with Gasteiger partial charge in [0, 0.05) is 38.3 Å². The molecule has 23 heavy (non-hydrogen) atoms. The highest BCUT2D eigenvalue weighted by atomic mass is 35.5. The maximum Gasteiger partial charge on any atom is 0.227 e. The van der Waals surface area contributed by atoms with Gasteiger partial charge in [-0.05, 0) is 44.0 Å². The van der Waals surface area contributed by atoms with E-state index in [0.717, 1.165) is 42.1 Å². The van der Waals surface area contributed by atoms with Crippen molar-refractivity contribution < 1.29 is 4.79 Å². The van der Waals surface area contributed by atoms with E-state index >= 15 is 0 Å². The van der Waals surface area contributed by atoms with Gasteiger partial charge in [0.2, 0.25) is 5.91 Å². The van der Waals surface area contributed by atoms with E-state index in [1.165, 1.54) is 5.56 Å². The van der Waals surface area contributed by atoms with Gasteiger partial charge >= 0.3 is 0 Å². The molecule has 6 heteroatoms. The van der Waals surface area contributed by atoms with Gasteiger partial charge in [-0.15, -0.1) is 12.4 Å². The fourth-order valence-corrected chi connectivity index (χ4v) is 3.13. The zero-order valence-corrected chi connectivity index (χ0v) is 14.9. The Hall–Kier alpha value is -1.88. The molecule has 124 valence electrons. The highest BCUT2D eigenvalue weighted by molar-refractivity contribution is 5.85. The summed E-state index contributed by atoms with van der Waals surface area (Å²) in [6.07, 6.45) is 0.886. The Morgan fingerprint density at radius 2 is 2.00 bits per heavy atom. The number of pyridine rings is 2. The molecule has 0 spiro atoms. The number of amides is 1. The van der Waals surface area contributed by atoms with Crippen molar-refractivity contribution in [2.24, 2.45) is 5.92 Å². The molecule has 0 N–H and O–H groups in total. The Bertz CT molecular complexity index is 732. The first-order valence-corrected chi connectivity index (χ1v) is 7.67. The van der Waals surface area contributed by atoms with Gasteiger partial charge in [-0.2, -0.15) is 0 Å². The summed E-state index contributed by atoms with van der Waals surface area (Å²) >= 11 is 0. The van der Waals surface area contributed by atoms with E-state index < -0.39 is 0 Å². The number of hydrogen-bond donors (Lipinski definition) is 0. The van der Waals surface area contributed by atoms with Crippen molar-refractivity contribution in [2.75, 3.05) is 32.1 Å². The van der Waals surface area contributed by atoms with Crippen LogP contribution in [-0.2, 0) is 4.79 Å². The van der Waals surface area contributed by atoms with Gasteiger partial charge in [-0.25, -0.2) is 9.97 Å². The van der Waals surface area contributed by atoms with Crippen molar-refractivity contribution in [1.82, 2.24) is 14.9 Å². The van der Waals surface area contributed by atoms with Crippen molar-refractivity contribution >= 4 is 35.2 Å². The van der Waals surface area contributed by atoms with Gasteiger partial charge in [0.25, 0.3) is 0 Å². The minimum atomic E-state index is 0. The van der Waals surface area contributed by atoms with Crippen LogP contribution in [0, 0.1) is 19.8 Å². The number of halogens is 1. The summed E-state index contributed by atoms with van der Waals surface area (Å²) in [5, 5.41) is 1.09. The lowest BCUT2D eigenvalue weighted by Crippen LogP contribution is -2.32. The fourth-order valence-electron chi connectivity index (χ4n) is 3.13. The monoisotopic (exact) mass is 334 g/mol. The van der Waals surface area contributed by atoms with Gasteiger partial charge < -0.3 is 9.80 Å². The SMILES string of the molecule is Cc1cc(C)c2ccc(N3CCC(C(=O)N(C)C)C3)nc2n1.Cl. The van der Waals surface area contributed by atoms with Gasteiger partial charge in [-0.1, -0.05) is 0 Å². The topological polar surface area (TPSA) is 49.3 Å². The molecule has 1 aliphatic heterocycles. The van der Waals surface area contributed by atoms with Crippen molar-refractivity contribution in [2.45, 2.75) is 20.3 Å². The lowest BCUT2D eigenvalue weighted by Gasteiger charge is -2.19. The minimum absolute atomic E-state index is 0. The average Bonchev–Trinajstić information content (AvgIpc) is 2.95. The quantitative estimate of drug-likeness (QED) is 0.847. The number of hydrogen-bond acceptors (Lipinski definition) is 4. The molecule has 0 aliphatic carbocycles. The maximum atomic E-state index is 12.1. The number of aromatic nitrogens is 2. The Kier molecular flexibility index (Phi) is 5.09. The molecule has 3 heterocycles. The molecule has 5 nitrogen and oxygen atoms in total. The zero-order chi connectivity index (χ0) is 15.9. The van der Waals surface area contributed by atoms with Crippen molar-refractivity contribution in [3.8, 4) is 0 Å². The van der Waals surface area contributed by atoms with Gasteiger partial charge in [0.1, 0.15) is 5.82 Å². The first-order valence-electron chi connectivity index (χ1n) is 7.67. The molecule has 1 saturated heterocycles. The Morgan fingerprint density at radius 3 is 2.70 bits per heavy atom. The molecule has 1 aliphatic rings. The van der Waals surface area contributed by atoms with Crippen LogP contribution in [0.1, 0.15) is 17.7 Å². The largest absolute Gasteiger partial charge is 0.356 e. The standard InChI is InChI=1S/C17H22N4O.ClH/c1-11-9-12(2)18-16-14(11)5-6-15(19-16)21-8-7-13(10-21)17(22)20(3)4;/h5-6,9,13H,7-8,10H2,1-4H3;1H. The number of aryl methyl sites for hydroxylation is 2. The maximum absolute atomic E-state index is 12.1. The molecule has 0 radical (unpaired) electrons. The molecule has 1 atom stereocenters. The molecular weight excluding hydrogens is 312 g/mol. The van der Waals surface area contributed by atoms with E-state index in [9.17, 15) is 4.79 Å². The molecule has 1 fully saturated rings. The summed E-state index contributed by atoms with van der Waals surface area (Å²) in [5.74, 6) is 1.19. The number of anilines is 1. The third-order valence-electron chi connectivity index (χ3n) is 4.30. The summed E-state index contributed by atoms with van der Waals surface area (Å²) in [5.41, 5.74) is 2.97. The Balaban J connectivity index is 0.00000192. The van der Waals surface area contributed by atoms with Crippen LogP contribution < -0.4 is 4.90 Å². The minimum Gasteiger partial charge on any atom is -0.356 e. The predicted molar refractivity (Wildman–Crippen MR) is 95.3 cm³/mol. The first-order chi connectivity index (χ1) is 10.5. The molecule has 1 unspecified atom stereocenters. The predicted octanol–water partition coefficient (Wildman–Crippen LogP) is 2.58. The molecule has 0 saturated carbocycles. The zero-order valence-electron chi connectivity index (χ0n) is 14.0. The van der Waals surface area contributed by atoms with Crippen LogP contribution in [0.5, 0.6) is 0 Å². The van der Waals surface area contributed by atoms with Crippen LogP contribution in [0.25, 0.3) is 11.0 Å². The average molecular weight is 335 g/mol. The smallest absolute Gasteiger partial charge is 0.227 e.